The normalized spacial score (nSPS) is 16.9. The van der Waals surface area contributed by atoms with Crippen LogP contribution in [0.25, 0.3) is 4.96 Å². The quantitative estimate of drug-likeness (QED) is 0.736. The second kappa shape index (κ2) is 6.97. The molecular weight excluding hydrogens is 366 g/mol. The third-order valence-corrected chi connectivity index (χ3v) is 6.04. The van der Waals surface area contributed by atoms with Gasteiger partial charge in [-0.05, 0) is 19.1 Å². The van der Waals surface area contributed by atoms with Crippen LogP contribution < -0.4 is 0 Å². The van der Waals surface area contributed by atoms with Crippen molar-refractivity contribution < 1.29 is 14.3 Å². The van der Waals surface area contributed by atoms with E-state index < -0.39 is 0 Å². The van der Waals surface area contributed by atoms with Crippen molar-refractivity contribution in [2.75, 3.05) is 26.2 Å². The Kier molecular flexibility index (Phi) is 4.65. The minimum atomic E-state index is -0.230. The number of thiazole rings is 1. The number of rotatable bonds is 4. The number of aromatic hydroxyl groups is 1. The Morgan fingerprint density at radius 1 is 1.33 bits per heavy atom. The van der Waals surface area contributed by atoms with E-state index in [1.165, 1.54) is 15.9 Å². The van der Waals surface area contributed by atoms with Crippen LogP contribution in [-0.4, -0.2) is 61.6 Å². The Hall–Kier alpha value is -2.39. The number of carbonyl (C=O) groups excluding carboxylic acids is 1. The predicted octanol–water partition coefficient (Wildman–Crippen LogP) is 2.21. The standard InChI is InChI=1S/C18H23N5O3S/c1-4-14-19-18-23(20-14)17(25)16(27-18)15(13-6-5-11(2)26-13)22-9-7-21(8-10-22)12(3)24/h5-6,15,25H,4,7-10H2,1-3H3. The van der Waals surface area contributed by atoms with Gasteiger partial charge in [0.2, 0.25) is 16.7 Å². The number of carbonyl (C=O) groups is 1. The third-order valence-electron chi connectivity index (χ3n) is 4.96. The number of hydrogen-bond donors (Lipinski definition) is 1. The van der Waals surface area contributed by atoms with Gasteiger partial charge in [-0.15, -0.1) is 5.10 Å². The van der Waals surface area contributed by atoms with Crippen molar-refractivity contribution in [3.05, 3.63) is 34.4 Å². The molecule has 1 fully saturated rings. The molecule has 144 valence electrons. The molecule has 1 atom stereocenters. The first-order valence-electron chi connectivity index (χ1n) is 9.11. The highest BCUT2D eigenvalue weighted by Gasteiger charge is 2.34. The average molecular weight is 389 g/mol. The predicted molar refractivity (Wildman–Crippen MR) is 101 cm³/mol. The molecule has 1 aliphatic rings. The van der Waals surface area contributed by atoms with Crippen LogP contribution in [0.5, 0.6) is 5.88 Å². The van der Waals surface area contributed by atoms with Crippen LogP contribution in [0.1, 0.15) is 42.1 Å². The lowest BCUT2D eigenvalue weighted by Gasteiger charge is -2.37. The van der Waals surface area contributed by atoms with Crippen molar-refractivity contribution >= 4 is 22.2 Å². The molecule has 0 radical (unpaired) electrons. The summed E-state index contributed by atoms with van der Waals surface area (Å²) in [4.78, 5) is 21.7. The fourth-order valence-corrected chi connectivity index (χ4v) is 4.61. The number of piperazine rings is 1. The summed E-state index contributed by atoms with van der Waals surface area (Å²) in [6.07, 6.45) is 0.719. The van der Waals surface area contributed by atoms with Crippen molar-refractivity contribution in [2.24, 2.45) is 0 Å². The summed E-state index contributed by atoms with van der Waals surface area (Å²) in [6.45, 7) is 8.22. The van der Waals surface area contributed by atoms with Crippen molar-refractivity contribution in [1.82, 2.24) is 24.4 Å². The molecule has 0 aromatic carbocycles. The van der Waals surface area contributed by atoms with Gasteiger partial charge in [-0.2, -0.15) is 4.52 Å². The van der Waals surface area contributed by atoms with E-state index in [9.17, 15) is 9.90 Å². The van der Waals surface area contributed by atoms with Gasteiger partial charge in [0.1, 0.15) is 17.6 Å². The molecule has 4 rings (SSSR count). The zero-order valence-electron chi connectivity index (χ0n) is 15.7. The molecule has 1 aliphatic heterocycles. The van der Waals surface area contributed by atoms with Crippen LogP contribution >= 0.6 is 11.3 Å². The molecule has 1 N–H and O–H groups in total. The number of aromatic nitrogens is 3. The Bertz CT molecular complexity index is 967. The molecule has 8 nitrogen and oxygen atoms in total. The molecule has 9 heteroatoms. The summed E-state index contributed by atoms with van der Waals surface area (Å²) in [5.74, 6) is 2.51. The molecule has 0 saturated carbocycles. The zero-order chi connectivity index (χ0) is 19.1. The highest BCUT2D eigenvalue weighted by atomic mass is 32.1. The average Bonchev–Trinajstić information content (AvgIpc) is 3.33. The maximum Gasteiger partial charge on any atom is 0.230 e. The second-order valence-electron chi connectivity index (χ2n) is 6.76. The molecule has 3 aromatic rings. The van der Waals surface area contributed by atoms with Crippen LogP contribution in [0.4, 0.5) is 0 Å². The summed E-state index contributed by atoms with van der Waals surface area (Å²) < 4.78 is 7.43. The van der Waals surface area contributed by atoms with Crippen LogP contribution in [0, 0.1) is 6.92 Å². The van der Waals surface area contributed by atoms with E-state index in [1.807, 2.05) is 30.9 Å². The lowest BCUT2D eigenvalue weighted by atomic mass is 10.1. The Morgan fingerprint density at radius 2 is 2.07 bits per heavy atom. The van der Waals surface area contributed by atoms with Crippen molar-refractivity contribution in [2.45, 2.75) is 33.2 Å². The fourth-order valence-electron chi connectivity index (χ4n) is 3.49. The highest BCUT2D eigenvalue weighted by Crippen LogP contribution is 2.40. The summed E-state index contributed by atoms with van der Waals surface area (Å²) in [5, 5.41) is 15.2. The van der Waals surface area contributed by atoms with E-state index >= 15 is 0 Å². The maximum atomic E-state index is 11.6. The summed E-state index contributed by atoms with van der Waals surface area (Å²) in [5.41, 5.74) is 0. The first-order chi connectivity index (χ1) is 13.0. The SMILES string of the molecule is CCc1nc2sc(C(c3ccc(C)o3)N3CCN(C(C)=O)CC3)c(O)n2n1. The molecule has 1 unspecified atom stereocenters. The van der Waals surface area contributed by atoms with Crippen LogP contribution in [0.2, 0.25) is 0 Å². The number of hydrogen-bond acceptors (Lipinski definition) is 7. The Morgan fingerprint density at radius 3 is 2.63 bits per heavy atom. The second-order valence-corrected chi connectivity index (χ2v) is 7.77. The third kappa shape index (κ3) is 3.21. The van der Waals surface area contributed by atoms with Crippen LogP contribution in [0.15, 0.2) is 16.5 Å². The van der Waals surface area contributed by atoms with Gasteiger partial charge in [-0.3, -0.25) is 9.69 Å². The van der Waals surface area contributed by atoms with E-state index in [2.05, 4.69) is 15.0 Å². The van der Waals surface area contributed by atoms with Gasteiger partial charge in [-0.1, -0.05) is 18.3 Å². The van der Waals surface area contributed by atoms with Gasteiger partial charge < -0.3 is 14.4 Å². The number of fused-ring (bicyclic) bond motifs is 1. The monoisotopic (exact) mass is 389 g/mol. The maximum absolute atomic E-state index is 11.6. The molecule has 0 spiro atoms. The summed E-state index contributed by atoms with van der Waals surface area (Å²) >= 11 is 1.43. The molecule has 0 aliphatic carbocycles. The molecule has 0 bridgehead atoms. The van der Waals surface area contributed by atoms with E-state index in [1.54, 1.807) is 6.92 Å². The summed E-state index contributed by atoms with van der Waals surface area (Å²) in [6, 6.07) is 3.65. The van der Waals surface area contributed by atoms with E-state index in [-0.39, 0.29) is 17.8 Å². The zero-order valence-corrected chi connectivity index (χ0v) is 16.5. The fraction of sp³-hybridized carbons (Fsp3) is 0.500. The molecule has 4 heterocycles. The number of aryl methyl sites for hydroxylation is 2. The Labute approximate surface area is 161 Å². The topological polar surface area (TPSA) is 87.1 Å². The van der Waals surface area contributed by atoms with Gasteiger partial charge in [0.05, 0.1) is 4.88 Å². The number of nitrogens with zero attached hydrogens (tertiary/aromatic N) is 5. The highest BCUT2D eigenvalue weighted by molar-refractivity contribution is 7.17. The van der Waals surface area contributed by atoms with Gasteiger partial charge in [0.25, 0.3) is 0 Å². The minimum Gasteiger partial charge on any atom is -0.492 e. The summed E-state index contributed by atoms with van der Waals surface area (Å²) in [7, 11) is 0. The lowest BCUT2D eigenvalue weighted by Crippen LogP contribution is -2.49. The van der Waals surface area contributed by atoms with Crippen molar-refractivity contribution in [1.29, 1.82) is 0 Å². The largest absolute Gasteiger partial charge is 0.492 e. The van der Waals surface area contributed by atoms with Crippen molar-refractivity contribution in [3.63, 3.8) is 0 Å². The van der Waals surface area contributed by atoms with Gasteiger partial charge >= 0.3 is 0 Å². The minimum absolute atomic E-state index is 0.0915. The van der Waals surface area contributed by atoms with Gasteiger partial charge in [0.15, 0.2) is 5.82 Å². The first-order valence-corrected chi connectivity index (χ1v) is 9.92. The van der Waals surface area contributed by atoms with Crippen LogP contribution in [0.3, 0.4) is 0 Å². The van der Waals surface area contributed by atoms with Crippen molar-refractivity contribution in [3.8, 4) is 5.88 Å². The molecule has 3 aromatic heterocycles. The smallest absolute Gasteiger partial charge is 0.230 e. The lowest BCUT2D eigenvalue weighted by molar-refractivity contribution is -0.130. The molecule has 1 saturated heterocycles. The first kappa shape index (κ1) is 18.0. The van der Waals surface area contributed by atoms with E-state index in [0.29, 0.717) is 37.0 Å². The van der Waals surface area contributed by atoms with E-state index in [0.717, 1.165) is 22.8 Å². The molecule has 27 heavy (non-hydrogen) atoms. The van der Waals surface area contributed by atoms with Crippen LogP contribution in [-0.2, 0) is 11.2 Å². The molecule has 1 amide bonds. The number of amides is 1. The Balaban J connectivity index is 1.72. The number of furan rings is 1. The van der Waals surface area contributed by atoms with Gasteiger partial charge in [0, 0.05) is 39.5 Å². The van der Waals surface area contributed by atoms with E-state index in [4.69, 9.17) is 4.42 Å². The van der Waals surface area contributed by atoms with Gasteiger partial charge in [-0.25, -0.2) is 4.98 Å². The molecular formula is C18H23N5O3S.